The zero-order valence-electron chi connectivity index (χ0n) is 15.6. The Balaban J connectivity index is 1.91. The van der Waals surface area contributed by atoms with E-state index < -0.39 is 0 Å². The Bertz CT molecular complexity index is 776. The first-order valence-electron chi connectivity index (χ1n) is 9.06. The summed E-state index contributed by atoms with van der Waals surface area (Å²) in [6.45, 7) is 6.52. The molecular formula is C21H26N2O2S. The summed E-state index contributed by atoms with van der Waals surface area (Å²) in [5, 5.41) is 13.8. The molecule has 5 heteroatoms. The molecule has 0 spiro atoms. The SMILES string of the molecule is CC/C=C(/O)C1CSC2=C(Nc3ccc(C=O)cc3)CC(C)(C)CC2=N1. The Morgan fingerprint density at radius 2 is 2.08 bits per heavy atom. The maximum atomic E-state index is 10.8. The monoisotopic (exact) mass is 370 g/mol. The second kappa shape index (κ2) is 7.70. The van der Waals surface area contributed by atoms with Gasteiger partial charge < -0.3 is 10.4 Å². The topological polar surface area (TPSA) is 61.7 Å². The van der Waals surface area contributed by atoms with Crippen LogP contribution in [-0.4, -0.2) is 28.9 Å². The van der Waals surface area contributed by atoms with Gasteiger partial charge >= 0.3 is 0 Å². The highest BCUT2D eigenvalue weighted by Gasteiger charge is 2.35. The van der Waals surface area contributed by atoms with Gasteiger partial charge in [-0.2, -0.15) is 0 Å². The number of rotatable bonds is 5. The molecular weight excluding hydrogens is 344 g/mol. The number of fused-ring (bicyclic) bond motifs is 1. The molecule has 1 unspecified atom stereocenters. The van der Waals surface area contributed by atoms with Crippen LogP contribution in [0, 0.1) is 5.41 Å². The van der Waals surface area contributed by atoms with Gasteiger partial charge in [0.25, 0.3) is 0 Å². The quantitative estimate of drug-likeness (QED) is 0.542. The maximum Gasteiger partial charge on any atom is 0.150 e. The number of aliphatic hydroxyl groups is 1. The standard InChI is InChI=1S/C21H26N2O2S/c1-4-5-19(25)18-13-26-20-16(10-21(2,3)11-17(20)23-18)22-15-8-6-14(12-24)7-9-15/h5-9,12,18,22,25H,4,10-11,13H2,1-3H3/b19-5+. The number of anilines is 1. The molecule has 3 rings (SSSR count). The van der Waals surface area contributed by atoms with E-state index in [2.05, 4.69) is 19.2 Å². The number of aldehydes is 1. The number of hydrogen-bond acceptors (Lipinski definition) is 5. The number of aliphatic imine (C=N–C) groups is 1. The Kier molecular flexibility index (Phi) is 5.56. The summed E-state index contributed by atoms with van der Waals surface area (Å²) in [7, 11) is 0. The van der Waals surface area contributed by atoms with Crippen LogP contribution in [0.25, 0.3) is 0 Å². The third-order valence-corrected chi connectivity index (χ3v) is 5.88. The van der Waals surface area contributed by atoms with Crippen molar-refractivity contribution in [2.45, 2.75) is 46.1 Å². The summed E-state index contributed by atoms with van der Waals surface area (Å²) in [4.78, 5) is 16.9. The normalized spacial score (nSPS) is 22.5. The van der Waals surface area contributed by atoms with E-state index in [1.807, 2.05) is 37.3 Å². The van der Waals surface area contributed by atoms with Crippen LogP contribution in [-0.2, 0) is 0 Å². The molecule has 0 saturated heterocycles. The fourth-order valence-electron chi connectivity index (χ4n) is 3.41. The molecule has 138 valence electrons. The smallest absolute Gasteiger partial charge is 0.150 e. The molecule has 1 aliphatic carbocycles. The molecule has 1 aromatic rings. The Morgan fingerprint density at radius 3 is 2.73 bits per heavy atom. The van der Waals surface area contributed by atoms with Crippen molar-refractivity contribution in [1.82, 2.24) is 0 Å². The molecule has 1 aromatic carbocycles. The van der Waals surface area contributed by atoms with E-state index in [1.165, 1.54) is 10.6 Å². The van der Waals surface area contributed by atoms with Gasteiger partial charge in [0.05, 0.1) is 5.71 Å². The van der Waals surface area contributed by atoms with Gasteiger partial charge in [0.1, 0.15) is 18.1 Å². The predicted molar refractivity (Wildman–Crippen MR) is 110 cm³/mol. The van der Waals surface area contributed by atoms with Gasteiger partial charge in [-0.15, -0.1) is 11.8 Å². The number of thioether (sulfide) groups is 1. The molecule has 26 heavy (non-hydrogen) atoms. The fourth-order valence-corrected chi connectivity index (χ4v) is 4.57. The minimum Gasteiger partial charge on any atom is -0.510 e. The van der Waals surface area contributed by atoms with Gasteiger partial charge in [0.15, 0.2) is 0 Å². The third-order valence-electron chi connectivity index (χ3n) is 4.63. The molecule has 0 radical (unpaired) electrons. The van der Waals surface area contributed by atoms with E-state index in [0.717, 1.165) is 42.7 Å². The Morgan fingerprint density at radius 1 is 1.35 bits per heavy atom. The minimum atomic E-state index is -0.138. The average Bonchev–Trinajstić information content (AvgIpc) is 2.61. The average molecular weight is 371 g/mol. The van der Waals surface area contributed by atoms with Gasteiger partial charge in [-0.3, -0.25) is 9.79 Å². The highest BCUT2D eigenvalue weighted by atomic mass is 32.2. The lowest BCUT2D eigenvalue weighted by Crippen LogP contribution is -2.32. The molecule has 1 heterocycles. The Labute approximate surface area is 159 Å². The van der Waals surface area contributed by atoms with Crippen LogP contribution in [0.1, 0.15) is 50.4 Å². The molecule has 0 bridgehead atoms. The zero-order chi connectivity index (χ0) is 18.7. The van der Waals surface area contributed by atoms with Crippen molar-refractivity contribution in [1.29, 1.82) is 0 Å². The third kappa shape index (κ3) is 4.21. The molecule has 0 aromatic heterocycles. The first kappa shape index (κ1) is 18.8. The van der Waals surface area contributed by atoms with Crippen LogP contribution in [0.3, 0.4) is 0 Å². The Hall–Kier alpha value is -2.01. The van der Waals surface area contributed by atoms with Crippen molar-refractivity contribution in [3.05, 3.63) is 52.3 Å². The summed E-state index contributed by atoms with van der Waals surface area (Å²) in [6.07, 6.45) is 5.39. The van der Waals surface area contributed by atoms with Crippen LogP contribution in [0.4, 0.5) is 5.69 Å². The lowest BCUT2D eigenvalue weighted by Gasteiger charge is -2.37. The largest absolute Gasteiger partial charge is 0.510 e. The first-order valence-corrected chi connectivity index (χ1v) is 10.0. The van der Waals surface area contributed by atoms with Crippen molar-refractivity contribution in [2.24, 2.45) is 10.4 Å². The summed E-state index contributed by atoms with van der Waals surface area (Å²) in [6, 6.07) is 7.37. The lowest BCUT2D eigenvalue weighted by atomic mass is 9.78. The van der Waals surface area contributed by atoms with Crippen molar-refractivity contribution < 1.29 is 9.90 Å². The fraction of sp³-hybridized carbons (Fsp3) is 0.429. The molecule has 2 N–H and O–H groups in total. The van der Waals surface area contributed by atoms with Gasteiger partial charge in [-0.05, 0) is 55.0 Å². The molecule has 0 amide bonds. The number of allylic oxidation sites excluding steroid dienone is 3. The highest BCUT2D eigenvalue weighted by Crippen LogP contribution is 2.44. The van der Waals surface area contributed by atoms with Crippen molar-refractivity contribution in [3.8, 4) is 0 Å². The summed E-state index contributed by atoms with van der Waals surface area (Å²) in [5.74, 6) is 1.14. The van der Waals surface area contributed by atoms with Crippen LogP contribution in [0.15, 0.2) is 51.7 Å². The van der Waals surface area contributed by atoms with E-state index in [0.29, 0.717) is 11.3 Å². The molecule has 2 aliphatic rings. The number of carbonyl (C=O) groups is 1. The highest BCUT2D eigenvalue weighted by molar-refractivity contribution is 8.04. The number of nitrogens with one attached hydrogen (secondary N) is 1. The number of hydrogen-bond donors (Lipinski definition) is 2. The molecule has 1 atom stereocenters. The van der Waals surface area contributed by atoms with Gasteiger partial charge in [0, 0.05) is 27.6 Å². The van der Waals surface area contributed by atoms with Crippen molar-refractivity contribution in [2.75, 3.05) is 11.1 Å². The van der Waals surface area contributed by atoms with Gasteiger partial charge in [0.2, 0.25) is 0 Å². The van der Waals surface area contributed by atoms with E-state index in [9.17, 15) is 9.90 Å². The summed E-state index contributed by atoms with van der Waals surface area (Å²) < 4.78 is 0. The molecule has 4 nitrogen and oxygen atoms in total. The van der Waals surface area contributed by atoms with Crippen molar-refractivity contribution >= 4 is 29.4 Å². The van der Waals surface area contributed by atoms with E-state index >= 15 is 0 Å². The summed E-state index contributed by atoms with van der Waals surface area (Å²) in [5.41, 5.74) is 4.03. The van der Waals surface area contributed by atoms with Crippen LogP contribution >= 0.6 is 11.8 Å². The van der Waals surface area contributed by atoms with E-state index in [1.54, 1.807) is 11.8 Å². The number of nitrogens with zero attached hydrogens (tertiary/aromatic N) is 1. The van der Waals surface area contributed by atoms with E-state index in [-0.39, 0.29) is 11.5 Å². The molecule has 0 fully saturated rings. The van der Waals surface area contributed by atoms with Crippen LogP contribution in [0.2, 0.25) is 0 Å². The van der Waals surface area contributed by atoms with Crippen LogP contribution < -0.4 is 5.32 Å². The predicted octanol–water partition coefficient (Wildman–Crippen LogP) is 5.35. The number of carbonyl (C=O) groups excluding carboxylic acids is 1. The zero-order valence-corrected chi connectivity index (χ0v) is 16.4. The van der Waals surface area contributed by atoms with E-state index in [4.69, 9.17) is 4.99 Å². The molecule has 0 saturated carbocycles. The molecule has 1 aliphatic heterocycles. The van der Waals surface area contributed by atoms with Gasteiger partial charge in [-0.1, -0.05) is 20.8 Å². The van der Waals surface area contributed by atoms with Crippen LogP contribution in [0.5, 0.6) is 0 Å². The number of benzene rings is 1. The second-order valence-corrected chi connectivity index (χ2v) is 8.66. The summed E-state index contributed by atoms with van der Waals surface area (Å²) >= 11 is 1.77. The lowest BCUT2D eigenvalue weighted by molar-refractivity contribution is 0.112. The van der Waals surface area contributed by atoms with Crippen molar-refractivity contribution in [3.63, 3.8) is 0 Å². The minimum absolute atomic E-state index is 0.111. The van der Waals surface area contributed by atoms with Gasteiger partial charge in [-0.25, -0.2) is 0 Å². The second-order valence-electron chi connectivity index (χ2n) is 7.63. The number of aliphatic hydroxyl groups excluding tert-OH is 1. The maximum absolute atomic E-state index is 10.8. The first-order chi connectivity index (χ1) is 12.4.